The summed E-state index contributed by atoms with van der Waals surface area (Å²) in [6.45, 7) is 5.57. The number of anilines is 1. The fourth-order valence-corrected chi connectivity index (χ4v) is 1.75. The van der Waals surface area contributed by atoms with Crippen LogP contribution in [0.1, 0.15) is 20.8 Å². The third-order valence-electron chi connectivity index (χ3n) is 1.93. The van der Waals surface area contributed by atoms with Gasteiger partial charge in [-0.25, -0.2) is 18.4 Å². The van der Waals surface area contributed by atoms with Crippen molar-refractivity contribution in [2.24, 2.45) is 5.14 Å². The third kappa shape index (κ3) is 4.72. The van der Waals surface area contributed by atoms with Crippen LogP contribution in [0.15, 0.2) is 29.2 Å². The number of urea groups is 1. The van der Waals surface area contributed by atoms with E-state index >= 15 is 0 Å². The van der Waals surface area contributed by atoms with Gasteiger partial charge in [0.05, 0.1) is 4.90 Å². The molecule has 0 saturated carbocycles. The van der Waals surface area contributed by atoms with Gasteiger partial charge in [0, 0.05) is 11.2 Å². The predicted molar refractivity (Wildman–Crippen MR) is 69.7 cm³/mol. The molecule has 1 rings (SSSR count). The van der Waals surface area contributed by atoms with Crippen LogP contribution in [0.5, 0.6) is 0 Å². The fourth-order valence-electron chi connectivity index (χ4n) is 1.23. The highest BCUT2D eigenvalue weighted by molar-refractivity contribution is 7.89. The summed E-state index contributed by atoms with van der Waals surface area (Å²) in [6.07, 6.45) is 0. The van der Waals surface area contributed by atoms with E-state index in [2.05, 4.69) is 10.6 Å². The maximum absolute atomic E-state index is 11.5. The largest absolute Gasteiger partial charge is 0.333 e. The number of amides is 2. The maximum atomic E-state index is 11.5. The van der Waals surface area contributed by atoms with Gasteiger partial charge in [-0.15, -0.1) is 0 Å². The molecular weight excluding hydrogens is 254 g/mol. The highest BCUT2D eigenvalue weighted by Gasteiger charge is 2.13. The summed E-state index contributed by atoms with van der Waals surface area (Å²) >= 11 is 0. The normalized spacial score (nSPS) is 12.0. The molecule has 4 N–H and O–H groups in total. The molecule has 0 radical (unpaired) electrons. The van der Waals surface area contributed by atoms with Gasteiger partial charge in [-0.05, 0) is 45.0 Å². The molecule has 0 atom stereocenters. The minimum Gasteiger partial charge on any atom is -0.333 e. The third-order valence-corrected chi connectivity index (χ3v) is 2.86. The van der Waals surface area contributed by atoms with E-state index in [4.69, 9.17) is 5.14 Å². The quantitative estimate of drug-likeness (QED) is 0.754. The Morgan fingerprint density at radius 2 is 1.67 bits per heavy atom. The maximum Gasteiger partial charge on any atom is 0.319 e. The molecule has 0 fully saturated rings. The van der Waals surface area contributed by atoms with Crippen molar-refractivity contribution in [1.29, 1.82) is 0 Å². The van der Waals surface area contributed by atoms with Gasteiger partial charge in [0.1, 0.15) is 0 Å². The van der Waals surface area contributed by atoms with Crippen LogP contribution in [0.4, 0.5) is 10.5 Å². The van der Waals surface area contributed by atoms with Crippen molar-refractivity contribution < 1.29 is 13.2 Å². The van der Waals surface area contributed by atoms with Gasteiger partial charge in [0.15, 0.2) is 0 Å². The van der Waals surface area contributed by atoms with Crippen molar-refractivity contribution in [3.05, 3.63) is 24.3 Å². The minimum atomic E-state index is -3.71. The summed E-state index contributed by atoms with van der Waals surface area (Å²) < 4.78 is 22.1. The van der Waals surface area contributed by atoms with Gasteiger partial charge in [0.25, 0.3) is 0 Å². The number of rotatable bonds is 2. The first-order valence-electron chi connectivity index (χ1n) is 5.30. The van der Waals surface area contributed by atoms with Crippen LogP contribution in [0, 0.1) is 0 Å². The van der Waals surface area contributed by atoms with Gasteiger partial charge in [-0.1, -0.05) is 0 Å². The van der Waals surface area contributed by atoms with Crippen molar-refractivity contribution in [2.75, 3.05) is 5.32 Å². The van der Waals surface area contributed by atoms with Gasteiger partial charge in [-0.2, -0.15) is 0 Å². The van der Waals surface area contributed by atoms with Crippen LogP contribution in [-0.4, -0.2) is 20.0 Å². The van der Waals surface area contributed by atoms with Crippen LogP contribution >= 0.6 is 0 Å². The number of carbonyl (C=O) groups is 1. The summed E-state index contributed by atoms with van der Waals surface area (Å²) in [5.74, 6) is 0. The molecular formula is C11H17N3O3S. The molecule has 0 aliphatic heterocycles. The Kier molecular flexibility index (Phi) is 3.98. The van der Waals surface area contributed by atoms with Crippen LogP contribution in [-0.2, 0) is 10.0 Å². The number of hydrogen-bond acceptors (Lipinski definition) is 3. The van der Waals surface area contributed by atoms with Crippen molar-refractivity contribution in [3.63, 3.8) is 0 Å². The van der Waals surface area contributed by atoms with Crippen LogP contribution < -0.4 is 15.8 Å². The smallest absolute Gasteiger partial charge is 0.319 e. The minimum absolute atomic E-state index is 0.00396. The van der Waals surface area contributed by atoms with E-state index in [1.807, 2.05) is 20.8 Å². The number of hydrogen-bond donors (Lipinski definition) is 3. The van der Waals surface area contributed by atoms with Gasteiger partial charge >= 0.3 is 6.03 Å². The Morgan fingerprint density at radius 1 is 1.17 bits per heavy atom. The number of sulfonamides is 1. The lowest BCUT2D eigenvalue weighted by atomic mass is 10.1. The van der Waals surface area contributed by atoms with Crippen molar-refractivity contribution in [3.8, 4) is 0 Å². The number of benzene rings is 1. The van der Waals surface area contributed by atoms with E-state index in [9.17, 15) is 13.2 Å². The Bertz CT molecular complexity index is 530. The Balaban J connectivity index is 2.73. The Morgan fingerprint density at radius 3 is 2.06 bits per heavy atom. The SMILES string of the molecule is CC(C)(C)NC(=O)Nc1ccc(S(N)(=O)=O)cc1. The molecule has 0 spiro atoms. The fraction of sp³-hybridized carbons (Fsp3) is 0.364. The average Bonchev–Trinajstić information content (AvgIpc) is 2.13. The number of primary sulfonamides is 1. The van der Waals surface area contributed by atoms with E-state index in [0.717, 1.165) is 0 Å². The Hall–Kier alpha value is -1.60. The zero-order valence-electron chi connectivity index (χ0n) is 10.5. The molecule has 0 saturated heterocycles. The summed E-state index contributed by atoms with van der Waals surface area (Å²) in [5, 5.41) is 10.3. The molecule has 0 bridgehead atoms. The van der Waals surface area contributed by atoms with Gasteiger partial charge in [0.2, 0.25) is 10.0 Å². The lowest BCUT2D eigenvalue weighted by Crippen LogP contribution is -2.43. The number of nitrogens with two attached hydrogens (primary N) is 1. The highest BCUT2D eigenvalue weighted by atomic mass is 32.2. The number of carbonyl (C=O) groups excluding carboxylic acids is 1. The van der Waals surface area contributed by atoms with Crippen LogP contribution in [0.25, 0.3) is 0 Å². The van der Waals surface area contributed by atoms with E-state index < -0.39 is 10.0 Å². The van der Waals surface area contributed by atoms with Crippen molar-refractivity contribution in [1.82, 2.24) is 5.32 Å². The molecule has 0 unspecified atom stereocenters. The lowest BCUT2D eigenvalue weighted by Gasteiger charge is -2.20. The molecule has 100 valence electrons. The molecule has 18 heavy (non-hydrogen) atoms. The zero-order valence-corrected chi connectivity index (χ0v) is 11.3. The topological polar surface area (TPSA) is 101 Å². The van der Waals surface area contributed by atoms with Gasteiger partial charge < -0.3 is 10.6 Å². The predicted octanol–water partition coefficient (Wildman–Crippen LogP) is 1.25. The first kappa shape index (κ1) is 14.5. The number of nitrogens with one attached hydrogen (secondary N) is 2. The molecule has 6 nitrogen and oxygen atoms in total. The van der Waals surface area contributed by atoms with Crippen molar-refractivity contribution >= 4 is 21.7 Å². The summed E-state index contributed by atoms with van der Waals surface area (Å²) in [6, 6.07) is 5.26. The second-order valence-electron chi connectivity index (χ2n) is 4.90. The Labute approximate surface area is 107 Å². The molecule has 2 amide bonds. The molecule has 0 heterocycles. The summed E-state index contributed by atoms with van der Waals surface area (Å²) in [7, 11) is -3.71. The lowest BCUT2D eigenvalue weighted by molar-refractivity contribution is 0.244. The monoisotopic (exact) mass is 271 g/mol. The van der Waals surface area contributed by atoms with Crippen LogP contribution in [0.3, 0.4) is 0 Å². The van der Waals surface area contributed by atoms with Crippen molar-refractivity contribution in [2.45, 2.75) is 31.2 Å². The van der Waals surface area contributed by atoms with Crippen LogP contribution in [0.2, 0.25) is 0 Å². The average molecular weight is 271 g/mol. The van der Waals surface area contributed by atoms with E-state index in [0.29, 0.717) is 5.69 Å². The van der Waals surface area contributed by atoms with E-state index in [1.165, 1.54) is 24.3 Å². The molecule has 1 aromatic carbocycles. The molecule has 0 aliphatic rings. The second kappa shape index (κ2) is 4.95. The molecule has 0 aromatic heterocycles. The standard InChI is InChI=1S/C11H17N3O3S/c1-11(2,3)14-10(15)13-8-4-6-9(7-5-8)18(12,16)17/h4-7H,1-3H3,(H2,12,16,17)(H2,13,14,15). The summed E-state index contributed by atoms with van der Waals surface area (Å²) in [5.41, 5.74) is 0.147. The van der Waals surface area contributed by atoms with Gasteiger partial charge in [-0.3, -0.25) is 0 Å². The van der Waals surface area contributed by atoms with E-state index in [1.54, 1.807) is 0 Å². The first-order chi connectivity index (χ1) is 8.08. The molecule has 1 aromatic rings. The highest BCUT2D eigenvalue weighted by Crippen LogP contribution is 2.12. The van der Waals surface area contributed by atoms with E-state index in [-0.39, 0.29) is 16.5 Å². The first-order valence-corrected chi connectivity index (χ1v) is 6.84. The molecule has 7 heteroatoms. The second-order valence-corrected chi connectivity index (χ2v) is 6.46. The zero-order chi connectivity index (χ0) is 14.0. The summed E-state index contributed by atoms with van der Waals surface area (Å²) in [4.78, 5) is 11.5. The molecule has 0 aliphatic carbocycles.